The van der Waals surface area contributed by atoms with E-state index in [9.17, 15) is 19.0 Å². The largest absolute Gasteiger partial charge is 0.756 e. The summed E-state index contributed by atoms with van der Waals surface area (Å²) in [6.07, 6.45) is 86.8. The van der Waals surface area contributed by atoms with Gasteiger partial charge in [0.1, 0.15) is 19.3 Å². The maximum Gasteiger partial charge on any atom is 0.306 e. The minimum absolute atomic E-state index is 0.0201. The Hall–Kier alpha value is -2.03. The van der Waals surface area contributed by atoms with Gasteiger partial charge in [-0.15, -0.1) is 0 Å². The predicted octanol–water partition coefficient (Wildman–Crippen LogP) is 24.1. The first kappa shape index (κ1) is 86.0. The van der Waals surface area contributed by atoms with Gasteiger partial charge in [0.05, 0.1) is 33.8 Å². The van der Waals surface area contributed by atoms with E-state index < -0.39 is 20.0 Å². The van der Waals surface area contributed by atoms with E-state index in [1.807, 2.05) is 33.3 Å². The quantitative estimate of drug-likeness (QED) is 0.0212. The van der Waals surface area contributed by atoms with Crippen molar-refractivity contribution in [1.29, 1.82) is 0 Å². The zero-order chi connectivity index (χ0) is 64.2. The summed E-state index contributed by atoms with van der Waals surface area (Å²) in [6, 6.07) is -0.887. The molecule has 0 spiro atoms. The molecule has 0 radical (unpaired) electrons. The van der Waals surface area contributed by atoms with Crippen molar-refractivity contribution < 1.29 is 37.3 Å². The number of nitrogens with zero attached hydrogens (tertiary/aromatic N) is 1. The van der Waals surface area contributed by atoms with Crippen molar-refractivity contribution in [2.24, 2.45) is 0 Å². The molecule has 0 bridgehead atoms. The van der Waals surface area contributed by atoms with E-state index in [0.29, 0.717) is 17.4 Å². The number of rotatable bonds is 71. The van der Waals surface area contributed by atoms with Crippen LogP contribution in [0.1, 0.15) is 387 Å². The molecule has 3 atom stereocenters. The van der Waals surface area contributed by atoms with E-state index in [2.05, 4.69) is 62.5 Å². The maximum absolute atomic E-state index is 13.6. The fourth-order valence-electron chi connectivity index (χ4n) is 11.6. The molecule has 10 heteroatoms. The van der Waals surface area contributed by atoms with Gasteiger partial charge in [-0.1, -0.05) is 333 Å². The number of unbranched alkanes of at least 4 members (excludes halogenated alkanes) is 49. The summed E-state index contributed by atoms with van der Waals surface area (Å²) >= 11 is 0. The van der Waals surface area contributed by atoms with Crippen LogP contribution in [-0.4, -0.2) is 69.4 Å². The van der Waals surface area contributed by atoms with E-state index in [-0.39, 0.29) is 31.5 Å². The zero-order valence-electron chi connectivity index (χ0n) is 59.5. The van der Waals surface area contributed by atoms with Gasteiger partial charge < -0.3 is 28.5 Å². The Morgan fingerprint density at radius 3 is 1.06 bits per heavy atom. The molecule has 0 aliphatic heterocycles. The molecule has 0 saturated carbocycles. The molecule has 9 nitrogen and oxygen atoms in total. The van der Waals surface area contributed by atoms with Gasteiger partial charge in [-0.3, -0.25) is 14.2 Å². The summed E-state index contributed by atoms with van der Waals surface area (Å²) < 4.78 is 30.5. The van der Waals surface area contributed by atoms with Crippen LogP contribution in [0, 0.1) is 0 Å². The minimum Gasteiger partial charge on any atom is -0.756 e. The van der Waals surface area contributed by atoms with Crippen molar-refractivity contribution >= 4 is 19.7 Å². The third kappa shape index (κ3) is 68.3. The molecule has 0 fully saturated rings. The number of ether oxygens (including phenoxy) is 1. The third-order valence-corrected chi connectivity index (χ3v) is 18.4. The van der Waals surface area contributed by atoms with E-state index >= 15 is 0 Å². The molecule has 0 heterocycles. The number of phosphoric acid groups is 1. The molecule has 518 valence electrons. The van der Waals surface area contributed by atoms with Gasteiger partial charge in [0, 0.05) is 12.8 Å². The van der Waals surface area contributed by atoms with Gasteiger partial charge in [0.15, 0.2) is 0 Å². The molecule has 0 aliphatic rings. The predicted molar refractivity (Wildman–Crippen MR) is 381 cm³/mol. The number of carbonyl (C=O) groups excluding carboxylic acids is 2. The number of nitrogens with one attached hydrogen (secondary N) is 1. The number of amides is 1. The van der Waals surface area contributed by atoms with Crippen LogP contribution in [-0.2, 0) is 27.9 Å². The fraction of sp³-hybridized carbons (Fsp3) is 0.872. The number of likely N-dealkylation sites (N-methyl/N-ethyl adjacent to an activating group) is 1. The van der Waals surface area contributed by atoms with Crippen molar-refractivity contribution in [2.75, 3.05) is 40.9 Å². The normalized spacial score (nSPS) is 13.7. The van der Waals surface area contributed by atoms with Crippen LogP contribution in [0.3, 0.4) is 0 Å². The molecule has 0 saturated heterocycles. The monoisotopic (exact) mass is 1260 g/mol. The highest BCUT2D eigenvalue weighted by Crippen LogP contribution is 2.38. The second kappa shape index (κ2) is 67.8. The Kier molecular flexibility index (Phi) is 66.3. The standard InChI is InChI=1S/C78H149N2O7P/c1-7-10-13-16-19-22-25-28-30-32-34-36-38-40-42-44-46-48-50-52-55-58-61-64-67-70-77(81)79-75(74-86-88(83,84)85-73-72-80(4,5)6)76(69-66-63-60-57-54-27-24-21-18-15-12-9-3)87-78(82)71-68-65-62-59-56-53-51-49-47-45-43-41-39-37-35-33-31-29-26-23-20-17-14-11-8-2/h19,22,28-31,66,69,75-76H,7-18,20-21,23-27,32-65,67-68,70-74H2,1-6H3,(H-,79,81,83,84)/b22-19-,30-28-,31-29+,69-66+. The smallest absolute Gasteiger partial charge is 0.306 e. The lowest BCUT2D eigenvalue weighted by atomic mass is 10.0. The van der Waals surface area contributed by atoms with E-state index in [1.165, 1.54) is 289 Å². The number of allylic oxidation sites excluding steroid dienone is 7. The first-order valence-electron chi connectivity index (χ1n) is 38.4. The summed E-state index contributed by atoms with van der Waals surface area (Å²) in [5.41, 5.74) is 0. The summed E-state index contributed by atoms with van der Waals surface area (Å²) in [6.45, 7) is 6.88. The lowest BCUT2D eigenvalue weighted by Gasteiger charge is -2.30. The average Bonchev–Trinajstić information content (AvgIpc) is 3.71. The Labute approximate surface area is 548 Å². The molecular formula is C78H149N2O7P. The third-order valence-electron chi connectivity index (χ3n) is 17.5. The van der Waals surface area contributed by atoms with E-state index in [4.69, 9.17) is 13.8 Å². The molecule has 1 amide bonds. The number of phosphoric ester groups is 1. The van der Waals surface area contributed by atoms with Crippen LogP contribution >= 0.6 is 7.82 Å². The Morgan fingerprint density at radius 2 is 0.693 bits per heavy atom. The highest BCUT2D eigenvalue weighted by molar-refractivity contribution is 7.45. The molecule has 0 aromatic heterocycles. The molecule has 0 aliphatic carbocycles. The number of carbonyl (C=O) groups is 2. The summed E-state index contributed by atoms with van der Waals surface area (Å²) in [7, 11) is 1.20. The minimum atomic E-state index is -4.70. The van der Waals surface area contributed by atoms with Crippen molar-refractivity contribution in [1.82, 2.24) is 5.32 Å². The Morgan fingerprint density at radius 1 is 0.398 bits per heavy atom. The SMILES string of the molecule is CCCCC/C=C\C/C=C\CCCCCCCCCCCCCCCCCC(=O)NC(COP(=O)([O-])OCC[N+](C)(C)C)C(/C=C/CCCCCCCCCCCC)OC(=O)CCCCCCCCCCCCCCCCC/C=C/CCCCCCCC. The number of hydrogen-bond donors (Lipinski definition) is 1. The van der Waals surface area contributed by atoms with Crippen LogP contribution < -0.4 is 10.2 Å². The molecule has 0 aromatic rings. The molecule has 3 unspecified atom stereocenters. The summed E-state index contributed by atoms with van der Waals surface area (Å²) in [4.78, 5) is 40.3. The van der Waals surface area contributed by atoms with Crippen molar-refractivity contribution in [3.05, 3.63) is 48.6 Å². The highest BCUT2D eigenvalue weighted by Gasteiger charge is 2.27. The van der Waals surface area contributed by atoms with Gasteiger partial charge in [0.2, 0.25) is 5.91 Å². The van der Waals surface area contributed by atoms with Crippen LogP contribution in [0.2, 0.25) is 0 Å². The van der Waals surface area contributed by atoms with Crippen molar-refractivity contribution in [3.8, 4) is 0 Å². The van der Waals surface area contributed by atoms with Crippen LogP contribution in [0.4, 0.5) is 0 Å². The molecule has 88 heavy (non-hydrogen) atoms. The molecule has 0 rings (SSSR count). The second-order valence-corrected chi connectivity index (χ2v) is 28.9. The van der Waals surface area contributed by atoms with E-state index in [0.717, 1.165) is 64.2 Å². The van der Waals surface area contributed by atoms with Gasteiger partial charge in [-0.25, -0.2) is 0 Å². The summed E-state index contributed by atoms with van der Waals surface area (Å²) in [5, 5.41) is 3.06. The summed E-state index contributed by atoms with van der Waals surface area (Å²) in [5.74, 6) is -0.521. The maximum atomic E-state index is 13.6. The lowest BCUT2D eigenvalue weighted by Crippen LogP contribution is -2.47. The fourth-order valence-corrected chi connectivity index (χ4v) is 12.3. The zero-order valence-corrected chi connectivity index (χ0v) is 60.3. The van der Waals surface area contributed by atoms with Crippen molar-refractivity contribution in [3.63, 3.8) is 0 Å². The number of quaternary nitrogens is 1. The molecular weight excluding hydrogens is 1110 g/mol. The number of esters is 1. The van der Waals surface area contributed by atoms with Crippen LogP contribution in [0.15, 0.2) is 48.6 Å². The average molecular weight is 1260 g/mol. The highest BCUT2D eigenvalue weighted by atomic mass is 31.2. The Bertz CT molecular complexity index is 1640. The van der Waals surface area contributed by atoms with Gasteiger partial charge in [0.25, 0.3) is 7.82 Å². The van der Waals surface area contributed by atoms with E-state index in [1.54, 1.807) is 0 Å². The van der Waals surface area contributed by atoms with Crippen LogP contribution in [0.25, 0.3) is 0 Å². The van der Waals surface area contributed by atoms with Gasteiger partial charge in [-0.05, 0) is 89.5 Å². The van der Waals surface area contributed by atoms with Crippen LogP contribution in [0.5, 0.6) is 0 Å². The topological polar surface area (TPSA) is 114 Å². The number of hydrogen-bond acceptors (Lipinski definition) is 7. The van der Waals surface area contributed by atoms with Crippen molar-refractivity contribution in [2.45, 2.75) is 399 Å². The second-order valence-electron chi connectivity index (χ2n) is 27.5. The molecule has 1 N–H and O–H groups in total. The Balaban J connectivity index is 4.94. The first-order valence-corrected chi connectivity index (χ1v) is 39.9. The first-order chi connectivity index (χ1) is 42.9. The van der Waals surface area contributed by atoms with Gasteiger partial charge in [-0.2, -0.15) is 0 Å². The molecule has 0 aromatic carbocycles. The lowest BCUT2D eigenvalue weighted by molar-refractivity contribution is -0.870. The van der Waals surface area contributed by atoms with Gasteiger partial charge >= 0.3 is 5.97 Å².